The van der Waals surface area contributed by atoms with Crippen molar-refractivity contribution < 1.29 is 4.79 Å². The highest BCUT2D eigenvalue weighted by molar-refractivity contribution is 6.16. The first-order valence-corrected chi connectivity index (χ1v) is 16.3. The molecule has 45 heavy (non-hydrogen) atoms. The smallest absolute Gasteiger partial charge is 0.237 e. The van der Waals surface area contributed by atoms with Gasteiger partial charge in [0.25, 0.3) is 0 Å². The number of nitrogens with zero attached hydrogens (tertiary/aromatic N) is 8. The molecule has 5 aromatic rings. The van der Waals surface area contributed by atoms with Crippen molar-refractivity contribution in [3.63, 3.8) is 0 Å². The van der Waals surface area contributed by atoms with Crippen LogP contribution in [0.15, 0.2) is 43.0 Å². The molecule has 1 aromatic carbocycles. The molecule has 1 amide bonds. The Bertz CT molecular complexity index is 2040. The molecule has 2 aliphatic carbocycles. The zero-order valence-electron chi connectivity index (χ0n) is 25.9. The molecule has 228 valence electrons. The number of amides is 1. The first kappa shape index (κ1) is 26.9. The van der Waals surface area contributed by atoms with Crippen molar-refractivity contribution >= 4 is 33.5 Å². The molecule has 10 heteroatoms. The molecule has 1 saturated heterocycles. The first-order chi connectivity index (χ1) is 21.9. The molecule has 0 unspecified atom stereocenters. The number of benzene rings is 1. The lowest BCUT2D eigenvalue weighted by Gasteiger charge is -2.53. The van der Waals surface area contributed by atoms with Gasteiger partial charge in [0.2, 0.25) is 5.91 Å². The number of aromatic nitrogens is 6. The van der Waals surface area contributed by atoms with E-state index in [1.54, 1.807) is 0 Å². The number of nitrogens with one attached hydrogen (secondary N) is 1. The number of anilines is 1. The summed E-state index contributed by atoms with van der Waals surface area (Å²) < 4.78 is 3.96. The highest BCUT2D eigenvalue weighted by Gasteiger charge is 2.55. The Morgan fingerprint density at radius 2 is 1.87 bits per heavy atom. The van der Waals surface area contributed by atoms with E-state index in [1.165, 1.54) is 19.3 Å². The normalized spacial score (nSPS) is 20.6. The second-order valence-corrected chi connectivity index (χ2v) is 13.9. The van der Waals surface area contributed by atoms with Crippen LogP contribution >= 0.6 is 0 Å². The Morgan fingerprint density at radius 1 is 1.04 bits per heavy atom. The largest absolute Gasteiger partial charge is 0.339 e. The molecular formula is C35H37N9O. The number of fused-ring (bicyclic) bond motifs is 5. The number of hydrogen-bond donors (Lipinski definition) is 1. The van der Waals surface area contributed by atoms with E-state index in [0.29, 0.717) is 6.42 Å². The van der Waals surface area contributed by atoms with E-state index in [2.05, 4.69) is 50.1 Å². The summed E-state index contributed by atoms with van der Waals surface area (Å²) in [5, 5.41) is 21.0. The van der Waals surface area contributed by atoms with Gasteiger partial charge in [-0.25, -0.2) is 4.98 Å². The molecule has 6 heterocycles. The third-order valence-corrected chi connectivity index (χ3v) is 11.4. The molecule has 0 radical (unpaired) electrons. The van der Waals surface area contributed by atoms with Gasteiger partial charge in [-0.3, -0.25) is 19.1 Å². The van der Waals surface area contributed by atoms with Gasteiger partial charge in [0, 0.05) is 72.9 Å². The molecule has 2 saturated carbocycles. The molecule has 1 N–H and O–H groups in total. The molecule has 2 aliphatic heterocycles. The van der Waals surface area contributed by atoms with Gasteiger partial charge in [-0.2, -0.15) is 15.5 Å². The van der Waals surface area contributed by atoms with Crippen LogP contribution in [0.2, 0.25) is 0 Å². The SMILES string of the molecule is CN1C(=O)C2(CCN(C3(CC#N)CCC3)CC2)c2c1cnc1[nH]c(-c3cnn(CC4CC4)c3)c(-c3ccc4c(cnn4C)c3)c21. The monoisotopic (exact) mass is 599 g/mol. The fourth-order valence-corrected chi connectivity index (χ4v) is 8.57. The van der Waals surface area contributed by atoms with Crippen LogP contribution < -0.4 is 4.90 Å². The summed E-state index contributed by atoms with van der Waals surface area (Å²) in [6.07, 6.45) is 15.8. The van der Waals surface area contributed by atoms with Crippen LogP contribution in [0, 0.1) is 17.2 Å². The van der Waals surface area contributed by atoms with Crippen LogP contribution in [-0.2, 0) is 23.8 Å². The van der Waals surface area contributed by atoms with Crippen molar-refractivity contribution in [2.24, 2.45) is 13.0 Å². The van der Waals surface area contributed by atoms with Crippen molar-refractivity contribution in [3.05, 3.63) is 48.5 Å². The van der Waals surface area contributed by atoms with E-state index in [1.807, 2.05) is 42.3 Å². The fourth-order valence-electron chi connectivity index (χ4n) is 8.57. The standard InChI is InChI=1S/C35H37N9O/c1-41-27-19-37-32-29(30(27)35(33(41)45)11-14-43(15-12-35)34(10-13-36)8-3-9-34)28(23-6-7-26-24(16-23)17-38-42(26)2)31(40-32)25-18-39-44(21-25)20-22-4-5-22/h6-7,16-19,21-22H,3-5,8-12,14-15,20H2,1-2H3,(H,37,40). The van der Waals surface area contributed by atoms with Gasteiger partial charge < -0.3 is 9.88 Å². The predicted molar refractivity (Wildman–Crippen MR) is 172 cm³/mol. The Balaban J connectivity index is 1.23. The Kier molecular flexibility index (Phi) is 5.68. The number of hydrogen-bond acceptors (Lipinski definition) is 6. The minimum absolute atomic E-state index is 0.0214. The van der Waals surface area contributed by atoms with E-state index < -0.39 is 5.41 Å². The van der Waals surface area contributed by atoms with Gasteiger partial charge in [0.05, 0.1) is 53.4 Å². The van der Waals surface area contributed by atoms with Gasteiger partial charge >= 0.3 is 0 Å². The molecule has 0 bridgehead atoms. The lowest BCUT2D eigenvalue weighted by molar-refractivity contribution is -0.126. The molecule has 1 spiro atoms. The van der Waals surface area contributed by atoms with Crippen molar-refractivity contribution in [3.8, 4) is 28.5 Å². The summed E-state index contributed by atoms with van der Waals surface area (Å²) >= 11 is 0. The van der Waals surface area contributed by atoms with Crippen LogP contribution in [0.25, 0.3) is 44.3 Å². The number of aromatic amines is 1. The van der Waals surface area contributed by atoms with E-state index >= 15 is 0 Å². The summed E-state index contributed by atoms with van der Waals surface area (Å²) in [7, 11) is 3.86. The van der Waals surface area contributed by atoms with E-state index in [-0.39, 0.29) is 11.4 Å². The lowest BCUT2D eigenvalue weighted by atomic mass is 9.68. The quantitative estimate of drug-likeness (QED) is 0.275. The lowest BCUT2D eigenvalue weighted by Crippen LogP contribution is -2.59. The van der Waals surface area contributed by atoms with Crippen molar-refractivity contribution in [2.75, 3.05) is 25.0 Å². The summed E-state index contributed by atoms with van der Waals surface area (Å²) in [6.45, 7) is 2.57. The van der Waals surface area contributed by atoms with Crippen molar-refractivity contribution in [2.45, 2.75) is 68.9 Å². The summed E-state index contributed by atoms with van der Waals surface area (Å²) in [4.78, 5) is 27.3. The van der Waals surface area contributed by atoms with Gasteiger partial charge in [0.15, 0.2) is 0 Å². The van der Waals surface area contributed by atoms with Crippen LogP contribution in [0.4, 0.5) is 5.69 Å². The number of rotatable bonds is 6. The van der Waals surface area contributed by atoms with Crippen LogP contribution in [0.1, 0.15) is 56.9 Å². The van der Waals surface area contributed by atoms with Gasteiger partial charge in [-0.05, 0) is 68.6 Å². The minimum Gasteiger partial charge on any atom is -0.339 e. The topological polar surface area (TPSA) is 112 Å². The number of nitriles is 1. The van der Waals surface area contributed by atoms with Gasteiger partial charge in [-0.1, -0.05) is 6.07 Å². The molecule has 9 rings (SSSR count). The van der Waals surface area contributed by atoms with Crippen molar-refractivity contribution in [1.29, 1.82) is 5.26 Å². The predicted octanol–water partition coefficient (Wildman–Crippen LogP) is 5.54. The molecule has 3 fully saturated rings. The van der Waals surface area contributed by atoms with E-state index in [4.69, 9.17) is 10.1 Å². The maximum atomic E-state index is 14.4. The van der Waals surface area contributed by atoms with Gasteiger partial charge in [0.1, 0.15) is 5.65 Å². The number of likely N-dealkylation sites (N-methyl/N-ethyl adjacent to an activating group) is 1. The molecular weight excluding hydrogens is 562 g/mol. The Labute approximate surface area is 261 Å². The minimum atomic E-state index is -0.637. The fraction of sp³-hybridized carbons (Fsp3) is 0.457. The van der Waals surface area contributed by atoms with E-state index in [9.17, 15) is 10.1 Å². The zero-order chi connectivity index (χ0) is 30.5. The van der Waals surface area contributed by atoms with Crippen molar-refractivity contribution in [1.82, 2.24) is 34.4 Å². The number of likely N-dealkylation sites (tertiary alicyclic amines) is 1. The number of carbonyl (C=O) groups excluding carboxylic acids is 1. The number of H-pyrrole nitrogens is 1. The average Bonchev–Trinajstić information content (AvgIpc) is 3.33. The highest BCUT2D eigenvalue weighted by atomic mass is 16.2. The third kappa shape index (κ3) is 3.83. The second kappa shape index (κ2) is 9.51. The maximum absolute atomic E-state index is 14.4. The number of pyridine rings is 1. The zero-order valence-corrected chi connectivity index (χ0v) is 25.9. The number of aryl methyl sites for hydroxylation is 1. The number of carbonyl (C=O) groups is 1. The average molecular weight is 600 g/mol. The van der Waals surface area contributed by atoms with Gasteiger partial charge in [-0.15, -0.1) is 0 Å². The molecule has 4 aromatic heterocycles. The van der Waals surface area contributed by atoms with Crippen LogP contribution in [-0.4, -0.2) is 66.0 Å². The summed E-state index contributed by atoms with van der Waals surface area (Å²) in [5.41, 5.74) is 7.34. The molecule has 4 aliphatic rings. The summed E-state index contributed by atoms with van der Waals surface area (Å²) in [6, 6.07) is 8.96. The third-order valence-electron chi connectivity index (χ3n) is 11.4. The van der Waals surface area contributed by atoms with Crippen LogP contribution in [0.5, 0.6) is 0 Å². The second-order valence-electron chi connectivity index (χ2n) is 13.9. The Hall–Kier alpha value is -4.49. The van der Waals surface area contributed by atoms with E-state index in [0.717, 1.165) is 107 Å². The number of piperidine rings is 1. The maximum Gasteiger partial charge on any atom is 0.237 e. The Morgan fingerprint density at radius 3 is 2.60 bits per heavy atom. The first-order valence-electron chi connectivity index (χ1n) is 16.3. The molecule has 0 atom stereocenters. The van der Waals surface area contributed by atoms with Crippen LogP contribution in [0.3, 0.4) is 0 Å². The molecule has 10 nitrogen and oxygen atoms in total. The summed E-state index contributed by atoms with van der Waals surface area (Å²) in [5.74, 6) is 0.875. The highest BCUT2D eigenvalue weighted by Crippen LogP contribution is 2.55.